The Kier molecular flexibility index (Phi) is 29.8. The number of nitrogens with zero attached hydrogens (tertiary/aromatic N) is 2. The van der Waals surface area contributed by atoms with E-state index in [0.717, 1.165) is 32.1 Å². The topological polar surface area (TPSA) is 110 Å². The molecule has 2 rings (SSSR count). The van der Waals surface area contributed by atoms with E-state index in [1.54, 1.807) is 68.5 Å². The molecule has 0 atom stereocenters. The molecule has 4 N–H and O–H groups in total. The van der Waals surface area contributed by atoms with Crippen LogP contribution in [0.1, 0.15) is 12.8 Å². The maximum Gasteiger partial charge on any atom is 0.290 e. The molecule has 7 nitrogen and oxygen atoms in total. The third-order valence-electron chi connectivity index (χ3n) is 3.45. The summed E-state index contributed by atoms with van der Waals surface area (Å²) in [5, 5.41) is 5.16. The van der Waals surface area contributed by atoms with Gasteiger partial charge in [-0.15, -0.1) is 10.6 Å². The summed E-state index contributed by atoms with van der Waals surface area (Å²) in [5.74, 6) is -0.0476. The molecule has 1 aliphatic heterocycles. The van der Waals surface area contributed by atoms with Crippen molar-refractivity contribution in [3.63, 3.8) is 0 Å². The van der Waals surface area contributed by atoms with Crippen LogP contribution in [0.25, 0.3) is 0 Å². The van der Waals surface area contributed by atoms with Crippen molar-refractivity contribution in [3.05, 3.63) is 24.3 Å². The minimum Gasteiger partial charge on any atom is -0.341 e. The van der Waals surface area contributed by atoms with Crippen LogP contribution in [0.15, 0.2) is 29.2 Å². The van der Waals surface area contributed by atoms with Crippen LogP contribution >= 0.6 is 82.9 Å². The minimum absolute atomic E-state index is 0. The molecule has 0 saturated carbocycles. The maximum absolute atomic E-state index is 12.3. The molecule has 1 heterocycles. The SMILES string of the molecule is CN.NSSSSSSS[B]C=O.O=CN(CC(=O)N1CCCC1)c1ccc(SF)cc1.[Y]. The molecular weight excluding hydrogens is 659 g/mol. The summed E-state index contributed by atoms with van der Waals surface area (Å²) in [7, 11) is 12.1. The Labute approximate surface area is 251 Å². The van der Waals surface area contributed by atoms with Gasteiger partial charge < -0.3 is 20.3 Å². The quantitative estimate of drug-likeness (QED) is 0.0947. The largest absolute Gasteiger partial charge is 0.341 e. The van der Waals surface area contributed by atoms with Gasteiger partial charge in [0.15, 0.2) is 0 Å². The van der Waals surface area contributed by atoms with Crippen molar-refractivity contribution < 1.29 is 51.0 Å². The molecule has 1 aromatic carbocycles. The van der Waals surface area contributed by atoms with Crippen LogP contribution in [0.5, 0.6) is 0 Å². The molecule has 0 spiro atoms. The molecule has 1 aliphatic rings. The Morgan fingerprint density at radius 2 is 1.67 bits per heavy atom. The van der Waals surface area contributed by atoms with Crippen LogP contribution in [-0.4, -0.2) is 56.6 Å². The molecular formula is C15H23BFN4O3S8Y. The number of carbonyl (C=O) groups excluding carboxylic acids is 3. The molecule has 18 heteroatoms. The molecule has 0 aromatic heterocycles. The van der Waals surface area contributed by atoms with Gasteiger partial charge in [0.25, 0.3) is 6.56 Å². The van der Waals surface area contributed by atoms with E-state index in [2.05, 4.69) is 5.73 Å². The number of rotatable bonds is 13. The molecule has 1 fully saturated rings. The van der Waals surface area contributed by atoms with Gasteiger partial charge in [-0.2, -0.15) is 3.89 Å². The van der Waals surface area contributed by atoms with E-state index in [1.807, 2.05) is 0 Å². The summed E-state index contributed by atoms with van der Waals surface area (Å²) in [5.41, 5.74) is 5.10. The maximum atomic E-state index is 12.3. The molecule has 2 radical (unpaired) electrons. The molecule has 2 amide bonds. The first-order valence-corrected chi connectivity index (χ1v) is 18.4. The Morgan fingerprint density at radius 1 is 1.09 bits per heavy atom. The van der Waals surface area contributed by atoms with Crippen molar-refractivity contribution in [2.24, 2.45) is 10.9 Å². The summed E-state index contributed by atoms with van der Waals surface area (Å²) >= 11 is 0.149. The Balaban J connectivity index is 0. The third-order valence-corrected chi connectivity index (χ3v) is 15.4. The monoisotopic (exact) mass is 682 g/mol. The molecule has 1 saturated heterocycles. The van der Waals surface area contributed by atoms with Crippen LogP contribution in [0.2, 0.25) is 0 Å². The van der Waals surface area contributed by atoms with Crippen molar-refractivity contribution >= 4 is 114 Å². The van der Waals surface area contributed by atoms with Gasteiger partial charge in [-0.1, -0.05) is 0 Å². The first kappa shape index (κ1) is 36.8. The minimum atomic E-state index is -0.0476. The number of amides is 2. The zero-order valence-electron chi connectivity index (χ0n) is 17.6. The van der Waals surface area contributed by atoms with Crippen molar-refractivity contribution in [2.45, 2.75) is 17.7 Å². The van der Waals surface area contributed by atoms with E-state index in [1.165, 1.54) is 50.0 Å². The molecule has 0 aliphatic carbocycles. The van der Waals surface area contributed by atoms with Crippen molar-refractivity contribution in [1.82, 2.24) is 4.90 Å². The molecule has 0 bridgehead atoms. The second-order valence-corrected chi connectivity index (χ2v) is 16.5. The number of nitrogens with two attached hydrogens (primary N) is 2. The van der Waals surface area contributed by atoms with Gasteiger partial charge in [0, 0.05) is 76.0 Å². The van der Waals surface area contributed by atoms with Gasteiger partial charge in [-0.25, -0.2) is 0 Å². The average Bonchev–Trinajstić information content (AvgIpc) is 3.39. The number of carbonyl (C=O) groups is 3. The normalized spacial score (nSPS) is 11.7. The standard InChI is InChI=1S/C13H15FN2O2S.CH3BNOS7.CH5N.Y/c14-19-12-5-3-11(4-6-12)16(10-17)9-13(18)15-7-1-2-8-15;3-6-8-10-11-9-7-5-2-1-4;1-2;/h3-6,10H,1-2,7-9H2;1H,3H2;2H2,1H3;. The Bertz CT molecular complexity index is 642. The Morgan fingerprint density at radius 3 is 2.18 bits per heavy atom. The molecule has 0 unspecified atom stereocenters. The fraction of sp³-hybridized carbons (Fsp3) is 0.400. The molecule has 1 aromatic rings. The van der Waals surface area contributed by atoms with Gasteiger partial charge in [0.2, 0.25) is 12.3 Å². The third kappa shape index (κ3) is 18.5. The van der Waals surface area contributed by atoms with E-state index < -0.39 is 0 Å². The van der Waals surface area contributed by atoms with E-state index >= 15 is 0 Å². The predicted octanol–water partition coefficient (Wildman–Crippen LogP) is 5.11. The van der Waals surface area contributed by atoms with Gasteiger partial charge in [0.1, 0.15) is 6.54 Å². The predicted molar refractivity (Wildman–Crippen MR) is 153 cm³/mol. The summed E-state index contributed by atoms with van der Waals surface area (Å²) in [6.45, 7) is 3.07. The van der Waals surface area contributed by atoms with E-state index in [9.17, 15) is 18.3 Å². The zero-order chi connectivity index (χ0) is 24.0. The number of benzene rings is 1. The number of hydrogen-bond donors (Lipinski definition) is 2. The van der Waals surface area contributed by atoms with Crippen LogP contribution in [0, 0.1) is 0 Å². The summed E-state index contributed by atoms with van der Waals surface area (Å²) in [6, 6.07) is 6.43. The average molecular weight is 683 g/mol. The number of likely N-dealkylation sites (tertiary alicyclic amines) is 1. The van der Waals surface area contributed by atoms with Gasteiger partial charge >= 0.3 is 0 Å². The Hall–Kier alpha value is 1.65. The van der Waals surface area contributed by atoms with E-state index in [0.29, 0.717) is 17.0 Å². The van der Waals surface area contributed by atoms with Crippen LogP contribution in [0.3, 0.4) is 0 Å². The molecule has 33 heavy (non-hydrogen) atoms. The van der Waals surface area contributed by atoms with E-state index in [-0.39, 0.29) is 57.3 Å². The van der Waals surface area contributed by atoms with Crippen LogP contribution < -0.4 is 15.8 Å². The van der Waals surface area contributed by atoms with Crippen molar-refractivity contribution in [3.8, 4) is 0 Å². The molecule has 182 valence electrons. The van der Waals surface area contributed by atoms with Crippen LogP contribution in [-0.2, 0) is 47.1 Å². The van der Waals surface area contributed by atoms with Gasteiger partial charge in [-0.05, 0) is 84.6 Å². The van der Waals surface area contributed by atoms with Gasteiger partial charge in [-0.3, -0.25) is 14.7 Å². The summed E-state index contributed by atoms with van der Waals surface area (Å²) in [6.07, 6.45) is 3.45. The smallest absolute Gasteiger partial charge is 0.290 e. The van der Waals surface area contributed by atoms with E-state index in [4.69, 9.17) is 5.14 Å². The first-order chi connectivity index (χ1) is 15.7. The van der Waals surface area contributed by atoms with Crippen LogP contribution in [0.4, 0.5) is 9.57 Å². The number of hydrogen-bond acceptors (Lipinski definition) is 13. The second-order valence-electron chi connectivity index (χ2n) is 5.20. The van der Waals surface area contributed by atoms with Gasteiger partial charge in [0.05, 0.1) is 18.3 Å². The van der Waals surface area contributed by atoms with Crippen molar-refractivity contribution in [1.29, 1.82) is 0 Å². The summed E-state index contributed by atoms with van der Waals surface area (Å²) < 4.78 is 12.3. The zero-order valence-corrected chi connectivity index (χ0v) is 26.9. The van der Waals surface area contributed by atoms with Crippen molar-refractivity contribution in [2.75, 3.05) is 31.6 Å². The number of anilines is 1. The second kappa shape index (κ2) is 26.7. The fourth-order valence-corrected chi connectivity index (χ4v) is 14.0. The summed E-state index contributed by atoms with van der Waals surface area (Å²) in [4.78, 5) is 36.4. The fourth-order valence-electron chi connectivity index (χ4n) is 2.20. The first-order valence-electron chi connectivity index (χ1n) is 8.75. The number of halogens is 1.